The van der Waals surface area contributed by atoms with Crippen molar-refractivity contribution in [3.05, 3.63) is 69.8 Å². The summed E-state index contributed by atoms with van der Waals surface area (Å²) >= 11 is 0. The van der Waals surface area contributed by atoms with Gasteiger partial charge in [-0.1, -0.05) is 24.3 Å². The number of piperazine rings is 1. The first-order valence-electron chi connectivity index (χ1n) is 12.5. The molecule has 5 rings (SSSR count). The molecule has 0 radical (unpaired) electrons. The third kappa shape index (κ3) is 5.18. The van der Waals surface area contributed by atoms with Crippen molar-refractivity contribution in [1.29, 1.82) is 0 Å². The maximum Gasteiger partial charge on any atom is 0.338 e. The lowest BCUT2D eigenvalue weighted by Crippen LogP contribution is -2.47. The van der Waals surface area contributed by atoms with Gasteiger partial charge in [0.2, 0.25) is 0 Å². The third-order valence-electron chi connectivity index (χ3n) is 7.31. The molecular formula is C28H34N2O4. The minimum Gasteiger partial charge on any atom is -0.459 e. The maximum absolute atomic E-state index is 12.0. The number of nitrogens with zero attached hydrogens (tertiary/aromatic N) is 2. The zero-order valence-corrected chi connectivity index (χ0v) is 20.2. The molecule has 2 atom stereocenters. The van der Waals surface area contributed by atoms with Crippen LogP contribution < -0.4 is 0 Å². The molecule has 0 aliphatic carbocycles. The van der Waals surface area contributed by atoms with Gasteiger partial charge in [-0.25, -0.2) is 9.59 Å². The predicted molar refractivity (Wildman–Crippen MR) is 130 cm³/mol. The minimum atomic E-state index is -0.191. The van der Waals surface area contributed by atoms with Gasteiger partial charge in [0.05, 0.1) is 11.1 Å². The number of carbonyl (C=O) groups is 2. The molecule has 0 aromatic heterocycles. The van der Waals surface area contributed by atoms with Crippen LogP contribution in [-0.4, -0.2) is 73.2 Å². The molecule has 3 aliphatic heterocycles. The average Bonchev–Trinajstić information content (AvgIpc) is 2.81. The fourth-order valence-corrected chi connectivity index (χ4v) is 5.35. The summed E-state index contributed by atoms with van der Waals surface area (Å²) in [6.07, 6.45) is 3.55. The van der Waals surface area contributed by atoms with E-state index in [1.165, 1.54) is 11.1 Å². The molecular weight excluding hydrogens is 428 g/mol. The number of rotatable bonds is 6. The number of carbonyl (C=O) groups excluding carboxylic acids is 2. The number of hydrogen-bond acceptors (Lipinski definition) is 6. The van der Waals surface area contributed by atoms with Gasteiger partial charge in [0.15, 0.2) is 0 Å². The SMILES string of the molecule is C[C@H]1Cc2cc(CCN3CCN(CCc4ccc5c(c4)C[C@H](C)OC5=O)CC3)ccc2C(=O)O1. The smallest absolute Gasteiger partial charge is 0.338 e. The highest BCUT2D eigenvalue weighted by molar-refractivity contribution is 5.92. The third-order valence-corrected chi connectivity index (χ3v) is 7.31. The number of benzene rings is 2. The van der Waals surface area contributed by atoms with E-state index in [0.717, 1.165) is 87.2 Å². The Balaban J connectivity index is 1.08. The van der Waals surface area contributed by atoms with Crippen molar-refractivity contribution in [3.8, 4) is 0 Å². The molecule has 2 aromatic rings. The van der Waals surface area contributed by atoms with Crippen LogP contribution in [0, 0.1) is 0 Å². The molecule has 2 aromatic carbocycles. The van der Waals surface area contributed by atoms with Gasteiger partial charge < -0.3 is 19.3 Å². The summed E-state index contributed by atoms with van der Waals surface area (Å²) in [5.74, 6) is -0.382. The fourth-order valence-electron chi connectivity index (χ4n) is 5.35. The second-order valence-corrected chi connectivity index (χ2v) is 10.0. The number of esters is 2. The molecule has 34 heavy (non-hydrogen) atoms. The summed E-state index contributed by atoms with van der Waals surface area (Å²) in [6.45, 7) is 10.3. The summed E-state index contributed by atoms with van der Waals surface area (Å²) in [4.78, 5) is 29.1. The summed E-state index contributed by atoms with van der Waals surface area (Å²) in [6, 6.07) is 12.4. The van der Waals surface area contributed by atoms with Crippen LogP contribution in [0.5, 0.6) is 0 Å². The van der Waals surface area contributed by atoms with Crippen molar-refractivity contribution in [2.24, 2.45) is 0 Å². The number of hydrogen-bond donors (Lipinski definition) is 0. The van der Waals surface area contributed by atoms with Crippen LogP contribution in [0.15, 0.2) is 36.4 Å². The normalized spacial score (nSPS) is 23.1. The van der Waals surface area contributed by atoms with Gasteiger partial charge >= 0.3 is 11.9 Å². The van der Waals surface area contributed by atoms with Gasteiger partial charge in [-0.3, -0.25) is 0 Å². The van der Waals surface area contributed by atoms with Crippen molar-refractivity contribution >= 4 is 11.9 Å². The van der Waals surface area contributed by atoms with Crippen LogP contribution >= 0.6 is 0 Å². The monoisotopic (exact) mass is 462 g/mol. The Labute approximate surface area is 201 Å². The van der Waals surface area contributed by atoms with Gasteiger partial charge in [-0.15, -0.1) is 0 Å². The predicted octanol–water partition coefficient (Wildman–Crippen LogP) is 3.29. The molecule has 0 saturated carbocycles. The molecule has 6 heteroatoms. The van der Waals surface area contributed by atoms with Gasteiger partial charge in [0, 0.05) is 52.1 Å². The zero-order valence-electron chi connectivity index (χ0n) is 20.2. The molecule has 0 bridgehead atoms. The van der Waals surface area contributed by atoms with Crippen LogP contribution in [0.3, 0.4) is 0 Å². The van der Waals surface area contributed by atoms with Crippen LogP contribution in [0.25, 0.3) is 0 Å². The van der Waals surface area contributed by atoms with Gasteiger partial charge in [-0.2, -0.15) is 0 Å². The fraction of sp³-hybridized carbons (Fsp3) is 0.500. The van der Waals surface area contributed by atoms with E-state index in [4.69, 9.17) is 9.47 Å². The quantitative estimate of drug-likeness (QED) is 0.614. The molecule has 0 unspecified atom stereocenters. The largest absolute Gasteiger partial charge is 0.459 e. The summed E-state index contributed by atoms with van der Waals surface area (Å²) in [5, 5.41) is 0. The Kier molecular flexibility index (Phi) is 6.70. The Morgan fingerprint density at radius 1 is 0.706 bits per heavy atom. The van der Waals surface area contributed by atoms with Crippen molar-refractivity contribution in [1.82, 2.24) is 9.80 Å². The lowest BCUT2D eigenvalue weighted by atomic mass is 9.95. The second kappa shape index (κ2) is 9.88. The molecule has 0 spiro atoms. The van der Waals surface area contributed by atoms with Crippen LogP contribution in [0.2, 0.25) is 0 Å². The number of fused-ring (bicyclic) bond motifs is 2. The highest BCUT2D eigenvalue weighted by Crippen LogP contribution is 2.23. The van der Waals surface area contributed by atoms with Gasteiger partial charge in [0.1, 0.15) is 12.2 Å². The van der Waals surface area contributed by atoms with Crippen molar-refractivity contribution in [3.63, 3.8) is 0 Å². The van der Waals surface area contributed by atoms with E-state index in [1.54, 1.807) is 0 Å². The lowest BCUT2D eigenvalue weighted by molar-refractivity contribution is 0.0290. The lowest BCUT2D eigenvalue weighted by Gasteiger charge is -2.35. The van der Waals surface area contributed by atoms with Crippen LogP contribution in [0.1, 0.15) is 56.8 Å². The van der Waals surface area contributed by atoms with Crippen molar-refractivity contribution in [2.75, 3.05) is 39.3 Å². The molecule has 3 aliphatic rings. The summed E-state index contributed by atoms with van der Waals surface area (Å²) < 4.78 is 10.7. The molecule has 180 valence electrons. The number of cyclic esters (lactones) is 2. The topological polar surface area (TPSA) is 59.1 Å². The Bertz CT molecular complexity index is 989. The standard InChI is InChI=1S/C28H34N2O4/c1-19-15-23-17-21(3-5-25(23)27(31)33-19)7-9-29-11-13-30(14-12-29)10-8-22-4-6-26-24(18-22)16-20(2)34-28(26)32/h3-6,17-20H,7-16H2,1-2H3/t19-,20-/m0/s1. The van der Waals surface area contributed by atoms with E-state index in [1.807, 2.05) is 26.0 Å². The average molecular weight is 463 g/mol. The van der Waals surface area contributed by atoms with Crippen LogP contribution in [0.4, 0.5) is 0 Å². The van der Waals surface area contributed by atoms with E-state index in [-0.39, 0.29) is 24.1 Å². The number of ether oxygens (including phenoxy) is 2. The highest BCUT2D eigenvalue weighted by atomic mass is 16.5. The van der Waals surface area contributed by atoms with Crippen molar-refractivity contribution in [2.45, 2.75) is 51.7 Å². The minimum absolute atomic E-state index is 0.0373. The summed E-state index contributed by atoms with van der Waals surface area (Å²) in [5.41, 5.74) is 6.30. The van der Waals surface area contributed by atoms with E-state index in [0.29, 0.717) is 0 Å². The van der Waals surface area contributed by atoms with E-state index in [9.17, 15) is 9.59 Å². The van der Waals surface area contributed by atoms with E-state index in [2.05, 4.69) is 34.1 Å². The molecule has 0 amide bonds. The molecule has 1 fully saturated rings. The van der Waals surface area contributed by atoms with Crippen LogP contribution in [-0.2, 0) is 35.2 Å². The first-order chi connectivity index (χ1) is 16.4. The highest BCUT2D eigenvalue weighted by Gasteiger charge is 2.25. The molecule has 0 N–H and O–H groups in total. The molecule has 3 heterocycles. The Hall–Kier alpha value is -2.70. The van der Waals surface area contributed by atoms with Crippen molar-refractivity contribution < 1.29 is 19.1 Å². The van der Waals surface area contributed by atoms with Gasteiger partial charge in [0.25, 0.3) is 0 Å². The maximum atomic E-state index is 12.0. The molecule has 6 nitrogen and oxygen atoms in total. The first-order valence-corrected chi connectivity index (χ1v) is 12.5. The Morgan fingerprint density at radius 2 is 1.12 bits per heavy atom. The van der Waals surface area contributed by atoms with E-state index < -0.39 is 0 Å². The van der Waals surface area contributed by atoms with Gasteiger partial charge in [-0.05, 0) is 61.1 Å². The Morgan fingerprint density at radius 3 is 1.53 bits per heavy atom. The first kappa shape index (κ1) is 23.1. The zero-order chi connectivity index (χ0) is 23.7. The second-order valence-electron chi connectivity index (χ2n) is 10.0. The molecule has 1 saturated heterocycles. The van der Waals surface area contributed by atoms with E-state index >= 15 is 0 Å². The summed E-state index contributed by atoms with van der Waals surface area (Å²) in [7, 11) is 0.